The normalized spacial score (nSPS) is 26.7. The predicted molar refractivity (Wildman–Crippen MR) is 87.5 cm³/mol. The molecule has 1 aromatic rings. The van der Waals surface area contributed by atoms with Crippen LogP contribution in [0.4, 0.5) is 18.9 Å². The van der Waals surface area contributed by atoms with Gasteiger partial charge in [0.2, 0.25) is 5.91 Å². The van der Waals surface area contributed by atoms with Crippen LogP contribution in [0.5, 0.6) is 5.75 Å². The number of ether oxygens (including phenoxy) is 1. The Morgan fingerprint density at radius 2 is 1.92 bits per heavy atom. The number of alkyl halides is 3. The van der Waals surface area contributed by atoms with Gasteiger partial charge < -0.3 is 9.64 Å². The molecule has 2 saturated heterocycles. The van der Waals surface area contributed by atoms with Crippen molar-refractivity contribution in [3.63, 3.8) is 0 Å². The van der Waals surface area contributed by atoms with Crippen LogP contribution in [0.1, 0.15) is 6.92 Å². The highest BCUT2D eigenvalue weighted by Gasteiger charge is 2.49. The Morgan fingerprint density at radius 3 is 2.48 bits per heavy atom. The van der Waals surface area contributed by atoms with Crippen LogP contribution in [0.15, 0.2) is 29.3 Å². The number of amidine groups is 1. The van der Waals surface area contributed by atoms with Crippen molar-refractivity contribution in [3.8, 4) is 5.75 Å². The topological polar surface area (TPSA) is 76.0 Å². The molecule has 25 heavy (non-hydrogen) atoms. The van der Waals surface area contributed by atoms with Crippen LogP contribution in [0.3, 0.4) is 0 Å². The molecule has 0 radical (unpaired) electrons. The highest BCUT2D eigenvalue weighted by molar-refractivity contribution is 8.16. The third-order valence-corrected chi connectivity index (χ3v) is 6.88. The highest BCUT2D eigenvalue weighted by Crippen LogP contribution is 2.41. The maximum Gasteiger partial charge on any atom is 0.573 e. The second kappa shape index (κ2) is 6.20. The summed E-state index contributed by atoms with van der Waals surface area (Å²) in [6.45, 7) is 1.27. The molecule has 0 aliphatic carbocycles. The zero-order valence-electron chi connectivity index (χ0n) is 12.9. The van der Waals surface area contributed by atoms with Gasteiger partial charge in [-0.3, -0.25) is 4.79 Å². The summed E-state index contributed by atoms with van der Waals surface area (Å²) in [5.41, 5.74) is 0.451. The molecule has 0 N–H and O–H groups in total. The van der Waals surface area contributed by atoms with Gasteiger partial charge in [-0.05, 0) is 24.3 Å². The maximum atomic E-state index is 12.3. The Bertz CT molecular complexity index is 821. The van der Waals surface area contributed by atoms with E-state index < -0.39 is 28.1 Å². The first-order valence-corrected chi connectivity index (χ1v) is 9.85. The fourth-order valence-electron chi connectivity index (χ4n) is 2.81. The van der Waals surface area contributed by atoms with Crippen molar-refractivity contribution >= 4 is 38.4 Å². The van der Waals surface area contributed by atoms with Gasteiger partial charge in [0.1, 0.15) is 5.75 Å². The molecular formula is C14H13F3N2O4S2. The van der Waals surface area contributed by atoms with Gasteiger partial charge in [0, 0.05) is 17.9 Å². The first-order valence-electron chi connectivity index (χ1n) is 7.15. The molecule has 2 atom stereocenters. The van der Waals surface area contributed by atoms with Gasteiger partial charge in [-0.15, -0.1) is 13.2 Å². The fraction of sp³-hybridized carbons (Fsp3) is 0.429. The summed E-state index contributed by atoms with van der Waals surface area (Å²) in [5.74, 6) is -0.941. The maximum absolute atomic E-state index is 12.3. The molecule has 2 fully saturated rings. The fourth-order valence-corrected chi connectivity index (χ4v) is 6.77. The van der Waals surface area contributed by atoms with Crippen LogP contribution in [0.25, 0.3) is 0 Å². The van der Waals surface area contributed by atoms with Crippen molar-refractivity contribution in [2.24, 2.45) is 4.99 Å². The van der Waals surface area contributed by atoms with E-state index in [1.165, 1.54) is 30.8 Å². The van der Waals surface area contributed by atoms with E-state index in [9.17, 15) is 26.4 Å². The number of hydrogen-bond donors (Lipinski definition) is 0. The van der Waals surface area contributed by atoms with E-state index in [0.29, 0.717) is 10.9 Å². The average molecular weight is 394 g/mol. The summed E-state index contributed by atoms with van der Waals surface area (Å²) < 4.78 is 64.3. The standard InChI is InChI=1S/C14H13F3N2O4S2/c1-8(20)18-13-19(11-6-25(21,22)7-12(11)24-13)9-2-4-10(5-3-9)23-14(15,16)17/h2-5,11-12H,6-7H2,1H3/t11-,12+/m1/s1. The van der Waals surface area contributed by atoms with Crippen LogP contribution in [0.2, 0.25) is 0 Å². The number of fused-ring (bicyclic) bond motifs is 1. The first-order chi connectivity index (χ1) is 11.5. The third kappa shape index (κ3) is 4.09. The Morgan fingerprint density at radius 1 is 1.28 bits per heavy atom. The van der Waals surface area contributed by atoms with E-state index in [4.69, 9.17) is 0 Å². The Labute approximate surface area is 146 Å². The SMILES string of the molecule is CC(=O)N=C1S[C@H]2CS(=O)(=O)C[C@H]2N1c1ccc(OC(F)(F)F)cc1. The lowest BCUT2D eigenvalue weighted by Gasteiger charge is -2.24. The molecule has 3 rings (SSSR count). The van der Waals surface area contributed by atoms with Crippen LogP contribution >= 0.6 is 11.8 Å². The van der Waals surface area contributed by atoms with Crippen LogP contribution in [0, 0.1) is 0 Å². The molecule has 0 unspecified atom stereocenters. The minimum Gasteiger partial charge on any atom is -0.406 e. The number of rotatable bonds is 2. The van der Waals surface area contributed by atoms with Crippen molar-refractivity contribution in [3.05, 3.63) is 24.3 Å². The summed E-state index contributed by atoms with van der Waals surface area (Å²) >= 11 is 1.19. The largest absolute Gasteiger partial charge is 0.573 e. The van der Waals surface area contributed by atoms with E-state index in [-0.39, 0.29) is 22.5 Å². The van der Waals surface area contributed by atoms with Gasteiger partial charge in [0.05, 0.1) is 17.5 Å². The number of amides is 1. The van der Waals surface area contributed by atoms with Crippen molar-refractivity contribution in [2.75, 3.05) is 16.4 Å². The summed E-state index contributed by atoms with van der Waals surface area (Å²) in [5, 5.41) is 0.0797. The van der Waals surface area contributed by atoms with Crippen molar-refractivity contribution in [1.29, 1.82) is 0 Å². The van der Waals surface area contributed by atoms with Gasteiger partial charge in [0.15, 0.2) is 15.0 Å². The van der Waals surface area contributed by atoms with Gasteiger partial charge >= 0.3 is 6.36 Å². The average Bonchev–Trinajstić information content (AvgIpc) is 2.88. The van der Waals surface area contributed by atoms with Crippen LogP contribution in [-0.4, -0.2) is 48.7 Å². The zero-order chi connectivity index (χ0) is 18.4. The zero-order valence-corrected chi connectivity index (χ0v) is 14.5. The molecule has 0 saturated carbocycles. The third-order valence-electron chi connectivity index (χ3n) is 3.67. The minimum absolute atomic E-state index is 0.0228. The number of carbonyl (C=O) groups excluding carboxylic acids is 1. The van der Waals surface area contributed by atoms with Crippen LogP contribution in [-0.2, 0) is 14.6 Å². The van der Waals surface area contributed by atoms with E-state index in [2.05, 4.69) is 9.73 Å². The molecule has 0 bridgehead atoms. The van der Waals surface area contributed by atoms with E-state index in [1.807, 2.05) is 0 Å². The number of aliphatic imine (C=N–C) groups is 1. The Hall–Kier alpha value is -1.75. The molecule has 2 aliphatic rings. The lowest BCUT2D eigenvalue weighted by molar-refractivity contribution is -0.274. The number of nitrogens with zero attached hydrogens (tertiary/aromatic N) is 2. The minimum atomic E-state index is -4.79. The summed E-state index contributed by atoms with van der Waals surface area (Å²) in [7, 11) is -3.21. The molecule has 6 nitrogen and oxygen atoms in total. The van der Waals surface area contributed by atoms with Crippen molar-refractivity contribution in [1.82, 2.24) is 0 Å². The molecule has 11 heteroatoms. The van der Waals surface area contributed by atoms with Crippen molar-refractivity contribution < 1.29 is 31.1 Å². The molecule has 1 aromatic carbocycles. The second-order valence-electron chi connectivity index (χ2n) is 5.63. The monoisotopic (exact) mass is 394 g/mol. The summed E-state index contributed by atoms with van der Waals surface area (Å²) in [6, 6.07) is 4.61. The molecule has 136 valence electrons. The van der Waals surface area contributed by atoms with Crippen LogP contribution < -0.4 is 9.64 Å². The molecular weight excluding hydrogens is 381 g/mol. The molecule has 0 spiro atoms. The van der Waals surface area contributed by atoms with Gasteiger partial charge in [-0.25, -0.2) is 8.42 Å². The highest BCUT2D eigenvalue weighted by atomic mass is 32.2. The Kier molecular flexibility index (Phi) is 4.48. The Balaban J connectivity index is 1.92. The molecule has 0 aromatic heterocycles. The lowest BCUT2D eigenvalue weighted by Crippen LogP contribution is -2.37. The van der Waals surface area contributed by atoms with Crippen molar-refractivity contribution in [2.45, 2.75) is 24.6 Å². The number of benzene rings is 1. The quantitative estimate of drug-likeness (QED) is 0.766. The smallest absolute Gasteiger partial charge is 0.406 e. The number of halogens is 3. The van der Waals surface area contributed by atoms with E-state index in [1.54, 1.807) is 4.90 Å². The number of carbonyl (C=O) groups is 1. The van der Waals surface area contributed by atoms with Gasteiger partial charge in [-0.1, -0.05) is 11.8 Å². The lowest BCUT2D eigenvalue weighted by atomic mass is 10.2. The molecule has 1 amide bonds. The first kappa shape index (κ1) is 18.1. The summed E-state index contributed by atoms with van der Waals surface area (Å²) in [6.07, 6.45) is -4.79. The number of hydrogen-bond acceptors (Lipinski definition) is 5. The molecule has 2 aliphatic heterocycles. The predicted octanol–water partition coefficient (Wildman–Crippen LogP) is 2.21. The molecule has 2 heterocycles. The van der Waals surface area contributed by atoms with E-state index >= 15 is 0 Å². The van der Waals surface area contributed by atoms with Gasteiger partial charge in [-0.2, -0.15) is 4.99 Å². The van der Waals surface area contributed by atoms with E-state index in [0.717, 1.165) is 12.1 Å². The van der Waals surface area contributed by atoms with Gasteiger partial charge in [0.25, 0.3) is 0 Å². The number of sulfone groups is 1. The summed E-state index contributed by atoms with van der Waals surface area (Å²) in [4.78, 5) is 16.8. The number of thioether (sulfide) groups is 1. The second-order valence-corrected chi connectivity index (χ2v) is 8.99. The number of anilines is 1.